The predicted molar refractivity (Wildman–Crippen MR) is 120 cm³/mol. The van der Waals surface area contributed by atoms with Gasteiger partial charge < -0.3 is 29.9 Å². The highest BCUT2D eigenvalue weighted by atomic mass is 16.3. The summed E-state index contributed by atoms with van der Waals surface area (Å²) >= 11 is 0. The molecule has 8 nitrogen and oxygen atoms in total. The highest BCUT2D eigenvalue weighted by molar-refractivity contribution is 6.23. The normalized spacial score (nSPS) is 11.4. The number of phenols is 5. The van der Waals surface area contributed by atoms with Crippen LogP contribution in [0.1, 0.15) is 21.7 Å². The van der Waals surface area contributed by atoms with Crippen LogP contribution in [0.25, 0.3) is 32.5 Å². The zero-order valence-electron chi connectivity index (χ0n) is 17.1. The zero-order valence-corrected chi connectivity index (χ0v) is 17.1. The molecule has 0 saturated carbocycles. The Morgan fingerprint density at radius 1 is 0.788 bits per heavy atom. The predicted octanol–water partition coefficient (Wildman–Crippen LogP) is 4.17. The minimum absolute atomic E-state index is 0.0358. The fourth-order valence-corrected chi connectivity index (χ4v) is 4.12. The van der Waals surface area contributed by atoms with Crippen molar-refractivity contribution in [3.8, 4) is 28.7 Å². The maximum absolute atomic E-state index is 13.5. The van der Waals surface area contributed by atoms with E-state index in [4.69, 9.17) is 4.42 Å². The van der Waals surface area contributed by atoms with E-state index >= 15 is 0 Å². The summed E-state index contributed by atoms with van der Waals surface area (Å²) in [4.78, 5) is 25.9. The molecule has 0 saturated heterocycles. The lowest BCUT2D eigenvalue weighted by Gasteiger charge is -2.14. The van der Waals surface area contributed by atoms with Crippen molar-refractivity contribution in [2.45, 2.75) is 6.92 Å². The van der Waals surface area contributed by atoms with Gasteiger partial charge in [-0.2, -0.15) is 0 Å². The van der Waals surface area contributed by atoms with Gasteiger partial charge in [-0.1, -0.05) is 6.07 Å². The number of hydrogen-bond donors (Lipinski definition) is 5. The number of carbonyl (C=O) groups excluding carboxylic acids is 1. The van der Waals surface area contributed by atoms with Gasteiger partial charge >= 0.3 is 0 Å². The average Bonchev–Trinajstić information content (AvgIpc) is 2.72. The Hall–Kier alpha value is -4.72. The Morgan fingerprint density at radius 2 is 1.55 bits per heavy atom. The molecule has 164 valence electrons. The fraction of sp³-hybridized carbons (Fsp3) is 0.0400. The summed E-state index contributed by atoms with van der Waals surface area (Å²) in [6.45, 7) is 1.54. The van der Waals surface area contributed by atoms with Crippen molar-refractivity contribution >= 4 is 38.3 Å². The number of fused-ring (bicyclic) bond motifs is 3. The molecule has 0 unspecified atom stereocenters. The molecule has 1 heterocycles. The number of phenolic OH excluding ortho intramolecular Hbond substituents is 5. The molecule has 33 heavy (non-hydrogen) atoms. The summed E-state index contributed by atoms with van der Waals surface area (Å²) in [6.07, 6.45) is 0. The van der Waals surface area contributed by atoms with E-state index in [1.54, 1.807) is 6.07 Å². The average molecular weight is 444 g/mol. The summed E-state index contributed by atoms with van der Waals surface area (Å²) < 4.78 is 5.53. The molecule has 0 amide bonds. The van der Waals surface area contributed by atoms with Crippen LogP contribution in [-0.2, 0) is 0 Å². The van der Waals surface area contributed by atoms with Crippen LogP contribution in [-0.4, -0.2) is 31.3 Å². The van der Waals surface area contributed by atoms with Gasteiger partial charge in [0.2, 0.25) is 5.78 Å². The Morgan fingerprint density at radius 3 is 2.30 bits per heavy atom. The van der Waals surface area contributed by atoms with Crippen molar-refractivity contribution in [1.82, 2.24) is 0 Å². The second-order valence-electron chi connectivity index (χ2n) is 7.76. The van der Waals surface area contributed by atoms with Crippen molar-refractivity contribution in [3.05, 3.63) is 75.6 Å². The Kier molecular flexibility index (Phi) is 4.22. The van der Waals surface area contributed by atoms with E-state index in [2.05, 4.69) is 0 Å². The van der Waals surface area contributed by atoms with Gasteiger partial charge in [-0.25, -0.2) is 0 Å². The van der Waals surface area contributed by atoms with E-state index in [0.29, 0.717) is 10.8 Å². The highest BCUT2D eigenvalue weighted by Gasteiger charge is 2.26. The number of benzene rings is 4. The van der Waals surface area contributed by atoms with Crippen LogP contribution in [0.15, 0.2) is 57.7 Å². The fourth-order valence-electron chi connectivity index (χ4n) is 4.12. The molecular weight excluding hydrogens is 428 g/mol. The molecular formula is C25H16O8. The van der Waals surface area contributed by atoms with Crippen LogP contribution < -0.4 is 5.43 Å². The van der Waals surface area contributed by atoms with E-state index in [0.717, 1.165) is 6.07 Å². The third-order valence-corrected chi connectivity index (χ3v) is 5.58. The van der Waals surface area contributed by atoms with Crippen LogP contribution in [0.3, 0.4) is 0 Å². The molecule has 5 rings (SSSR count). The van der Waals surface area contributed by atoms with Gasteiger partial charge in [0.1, 0.15) is 45.5 Å². The molecule has 0 aliphatic heterocycles. The molecule has 5 aromatic rings. The van der Waals surface area contributed by atoms with Crippen molar-refractivity contribution in [1.29, 1.82) is 0 Å². The molecule has 0 radical (unpaired) electrons. The first-order valence-electron chi connectivity index (χ1n) is 9.81. The molecule has 0 atom stereocenters. The van der Waals surface area contributed by atoms with Crippen LogP contribution in [0, 0.1) is 6.92 Å². The van der Waals surface area contributed by atoms with E-state index in [9.17, 15) is 35.1 Å². The van der Waals surface area contributed by atoms with Gasteiger partial charge in [0.25, 0.3) is 0 Å². The summed E-state index contributed by atoms with van der Waals surface area (Å²) in [6, 6.07) is 10.5. The van der Waals surface area contributed by atoms with Crippen LogP contribution in [0.2, 0.25) is 0 Å². The third kappa shape index (κ3) is 3.00. The second kappa shape index (κ2) is 6.89. The maximum Gasteiger partial charge on any atom is 0.201 e. The standard InChI is InChI=1S/C25H16O8/c1-10-4-17(28)23-20(33-10)8-15-21(18(29)9-19(30)22(15)25(23)32)24(31)14-6-12-5-13(26)3-2-11(12)7-16(14)27/h2-9,26-27,29-30,32H,1H3. The van der Waals surface area contributed by atoms with Gasteiger partial charge in [-0.3, -0.25) is 9.59 Å². The van der Waals surface area contributed by atoms with Crippen molar-refractivity contribution in [3.63, 3.8) is 0 Å². The Labute approximate surface area is 184 Å². The van der Waals surface area contributed by atoms with Gasteiger partial charge in [0.05, 0.1) is 16.5 Å². The van der Waals surface area contributed by atoms with Crippen LogP contribution in [0.4, 0.5) is 0 Å². The number of hydrogen-bond acceptors (Lipinski definition) is 8. The minimum atomic E-state index is -0.811. The van der Waals surface area contributed by atoms with Crippen LogP contribution in [0.5, 0.6) is 28.7 Å². The lowest BCUT2D eigenvalue weighted by molar-refractivity contribution is 0.103. The monoisotopic (exact) mass is 444 g/mol. The van der Waals surface area contributed by atoms with Crippen LogP contribution >= 0.6 is 0 Å². The highest BCUT2D eigenvalue weighted by Crippen LogP contribution is 2.44. The second-order valence-corrected chi connectivity index (χ2v) is 7.76. The molecule has 8 heteroatoms. The van der Waals surface area contributed by atoms with E-state index < -0.39 is 28.5 Å². The first-order chi connectivity index (χ1) is 15.7. The summed E-state index contributed by atoms with van der Waals surface area (Å²) in [5, 5.41) is 52.5. The smallest absolute Gasteiger partial charge is 0.201 e. The summed E-state index contributed by atoms with van der Waals surface area (Å²) in [5.41, 5.74) is -1.09. The van der Waals surface area contributed by atoms with Crippen molar-refractivity contribution < 1.29 is 34.7 Å². The number of carbonyl (C=O) groups is 1. The first kappa shape index (κ1) is 20.2. The number of rotatable bonds is 2. The van der Waals surface area contributed by atoms with Gasteiger partial charge in [0.15, 0.2) is 5.43 Å². The summed E-state index contributed by atoms with van der Waals surface area (Å²) in [5.74, 6) is -2.71. The minimum Gasteiger partial charge on any atom is -0.508 e. The van der Waals surface area contributed by atoms with Gasteiger partial charge in [0, 0.05) is 17.5 Å². The molecule has 5 N–H and O–H groups in total. The molecule has 0 aliphatic carbocycles. The van der Waals surface area contributed by atoms with E-state index in [-0.39, 0.29) is 50.1 Å². The van der Waals surface area contributed by atoms with Crippen molar-refractivity contribution in [2.75, 3.05) is 0 Å². The summed E-state index contributed by atoms with van der Waals surface area (Å²) in [7, 11) is 0. The molecule has 0 fully saturated rings. The van der Waals surface area contributed by atoms with Crippen molar-refractivity contribution in [2.24, 2.45) is 0 Å². The Balaban J connectivity index is 1.86. The first-order valence-corrected chi connectivity index (χ1v) is 9.81. The number of ketones is 1. The number of aromatic hydroxyl groups is 5. The quantitative estimate of drug-likeness (QED) is 0.201. The zero-order chi connectivity index (χ0) is 23.6. The SMILES string of the molecule is Cc1cc(=O)c2c(O)c3c(O)cc(O)c(C(=O)c4cc5cc(O)ccc5cc4O)c3cc2o1. The van der Waals surface area contributed by atoms with Gasteiger partial charge in [-0.15, -0.1) is 0 Å². The lowest BCUT2D eigenvalue weighted by atomic mass is 9.92. The topological polar surface area (TPSA) is 148 Å². The third-order valence-electron chi connectivity index (χ3n) is 5.58. The molecule has 4 aromatic carbocycles. The largest absolute Gasteiger partial charge is 0.508 e. The maximum atomic E-state index is 13.5. The van der Waals surface area contributed by atoms with E-state index in [1.165, 1.54) is 43.3 Å². The molecule has 0 spiro atoms. The van der Waals surface area contributed by atoms with Gasteiger partial charge in [-0.05, 0) is 48.0 Å². The lowest BCUT2D eigenvalue weighted by Crippen LogP contribution is -2.05. The van der Waals surface area contributed by atoms with E-state index in [1.807, 2.05) is 0 Å². The molecule has 1 aromatic heterocycles. The molecule has 0 aliphatic rings. The molecule has 0 bridgehead atoms. The number of aryl methyl sites for hydroxylation is 1. The Bertz CT molecular complexity index is 1710.